The van der Waals surface area contributed by atoms with E-state index >= 15 is 0 Å². The summed E-state index contributed by atoms with van der Waals surface area (Å²) < 4.78 is 29.8. The number of likely N-dealkylation sites (tertiary alicyclic amines) is 1. The first kappa shape index (κ1) is 26.8. The molecule has 4 rings (SSSR count). The van der Waals surface area contributed by atoms with Gasteiger partial charge in [-0.15, -0.1) is 0 Å². The Kier molecular flexibility index (Phi) is 8.26. The van der Waals surface area contributed by atoms with Gasteiger partial charge in [-0.25, -0.2) is 13.1 Å². The van der Waals surface area contributed by atoms with Crippen molar-refractivity contribution < 1.29 is 23.1 Å². The highest BCUT2D eigenvalue weighted by Gasteiger charge is 2.34. The highest BCUT2D eigenvalue weighted by atomic mass is 32.2. The third-order valence-corrected chi connectivity index (χ3v) is 8.45. The third kappa shape index (κ3) is 5.84. The van der Waals surface area contributed by atoms with Crippen molar-refractivity contribution in [3.05, 3.63) is 71.8 Å². The van der Waals surface area contributed by atoms with E-state index in [9.17, 15) is 23.1 Å². The van der Waals surface area contributed by atoms with Crippen LogP contribution in [0.15, 0.2) is 65.6 Å². The van der Waals surface area contributed by atoms with Gasteiger partial charge in [-0.2, -0.15) is 0 Å². The van der Waals surface area contributed by atoms with Crippen molar-refractivity contribution in [2.75, 3.05) is 25.0 Å². The first-order chi connectivity index (χ1) is 17.7. The number of nitrogens with zero attached hydrogens (tertiary/aromatic N) is 1. The zero-order chi connectivity index (χ0) is 26.6. The van der Waals surface area contributed by atoms with Crippen molar-refractivity contribution in [2.24, 2.45) is 5.92 Å². The van der Waals surface area contributed by atoms with Gasteiger partial charge in [-0.05, 0) is 43.5 Å². The number of anilines is 1. The van der Waals surface area contributed by atoms with Crippen molar-refractivity contribution in [2.45, 2.75) is 44.0 Å². The van der Waals surface area contributed by atoms with Crippen LogP contribution in [0.1, 0.15) is 42.1 Å². The summed E-state index contributed by atoms with van der Waals surface area (Å²) in [5, 5.41) is 14.0. The van der Waals surface area contributed by atoms with Crippen LogP contribution in [0, 0.1) is 12.8 Å². The second-order valence-electron chi connectivity index (χ2n) is 9.47. The van der Waals surface area contributed by atoms with E-state index in [-0.39, 0.29) is 23.3 Å². The molecule has 9 heteroatoms. The van der Waals surface area contributed by atoms with Gasteiger partial charge < -0.3 is 15.3 Å². The fraction of sp³-hybridized carbons (Fsp3) is 0.357. The number of sulfonamides is 1. The minimum Gasteiger partial charge on any atom is -0.396 e. The number of aliphatic hydroxyl groups excluding tert-OH is 1. The molecule has 3 N–H and O–H groups in total. The SMILES string of the molecule is CCCC(=O)N1CCC(NS(=O)(=O)c2ccc(NC(=O)c3ccccc3C)c3ccccc23)C(CO)C1. The van der Waals surface area contributed by atoms with E-state index in [1.54, 1.807) is 47.4 Å². The molecule has 0 aromatic heterocycles. The van der Waals surface area contributed by atoms with Gasteiger partial charge in [0.1, 0.15) is 0 Å². The standard InChI is InChI=1S/C28H33N3O5S/c1-3-8-27(33)31-16-15-24(20(17-31)18-32)30-37(35,36)26-14-13-25(22-11-6-7-12-23(22)26)29-28(34)21-10-5-4-9-19(21)2/h4-7,9-14,20,24,30,32H,3,8,15-18H2,1-2H3,(H,29,34). The van der Waals surface area contributed by atoms with Gasteiger partial charge in [0.2, 0.25) is 15.9 Å². The molecule has 0 aliphatic carbocycles. The van der Waals surface area contributed by atoms with E-state index in [2.05, 4.69) is 10.0 Å². The molecule has 2 atom stereocenters. The fourth-order valence-electron chi connectivity index (χ4n) is 4.87. The number of nitrogens with one attached hydrogen (secondary N) is 2. The van der Waals surface area contributed by atoms with Crippen molar-refractivity contribution in [3.63, 3.8) is 0 Å². The van der Waals surface area contributed by atoms with E-state index in [4.69, 9.17) is 0 Å². The number of hydrogen-bond donors (Lipinski definition) is 3. The van der Waals surface area contributed by atoms with Gasteiger partial charge in [-0.1, -0.05) is 49.4 Å². The maximum Gasteiger partial charge on any atom is 0.255 e. The molecule has 0 saturated carbocycles. The molecule has 3 aromatic carbocycles. The lowest BCUT2D eigenvalue weighted by Crippen LogP contribution is -2.53. The Morgan fingerprint density at radius 3 is 2.43 bits per heavy atom. The number of amides is 2. The number of hydrogen-bond acceptors (Lipinski definition) is 5. The molecule has 0 radical (unpaired) electrons. The normalized spacial score (nSPS) is 18.1. The van der Waals surface area contributed by atoms with Gasteiger partial charge in [-0.3, -0.25) is 9.59 Å². The molecular formula is C28H33N3O5S. The second-order valence-corrected chi connectivity index (χ2v) is 11.2. The van der Waals surface area contributed by atoms with Crippen molar-refractivity contribution >= 4 is 38.3 Å². The van der Waals surface area contributed by atoms with Crippen molar-refractivity contribution in [1.82, 2.24) is 9.62 Å². The number of piperidine rings is 1. The smallest absolute Gasteiger partial charge is 0.255 e. The van der Waals surface area contributed by atoms with Gasteiger partial charge in [0.25, 0.3) is 5.91 Å². The Bertz CT molecular complexity index is 1410. The molecule has 1 fully saturated rings. The molecule has 196 valence electrons. The van der Waals surface area contributed by atoms with E-state index in [0.717, 1.165) is 12.0 Å². The fourth-order valence-corrected chi connectivity index (χ4v) is 6.42. The van der Waals surface area contributed by atoms with Crippen molar-refractivity contribution in [3.8, 4) is 0 Å². The average molecular weight is 524 g/mol. The maximum atomic E-state index is 13.5. The van der Waals surface area contributed by atoms with Crippen LogP contribution < -0.4 is 10.0 Å². The number of carbonyl (C=O) groups is 2. The van der Waals surface area contributed by atoms with Gasteiger partial charge in [0, 0.05) is 60.1 Å². The van der Waals surface area contributed by atoms with Crippen molar-refractivity contribution in [1.29, 1.82) is 0 Å². The molecule has 37 heavy (non-hydrogen) atoms. The molecule has 2 unspecified atom stereocenters. The second kappa shape index (κ2) is 11.4. The summed E-state index contributed by atoms with van der Waals surface area (Å²) in [6.45, 7) is 4.32. The topological polar surface area (TPSA) is 116 Å². The third-order valence-electron chi connectivity index (χ3n) is 6.90. The molecule has 0 spiro atoms. The van der Waals surface area contributed by atoms with Crippen LogP contribution in [0.25, 0.3) is 10.8 Å². The van der Waals surface area contributed by atoms with E-state index in [1.807, 2.05) is 26.0 Å². The molecule has 1 saturated heterocycles. The largest absolute Gasteiger partial charge is 0.396 e. The van der Waals surface area contributed by atoms with E-state index in [0.29, 0.717) is 48.0 Å². The summed E-state index contributed by atoms with van der Waals surface area (Å²) in [7, 11) is -3.96. The lowest BCUT2D eigenvalue weighted by Gasteiger charge is -2.38. The molecule has 1 aliphatic heterocycles. The molecule has 8 nitrogen and oxygen atoms in total. The molecule has 2 amide bonds. The molecule has 3 aromatic rings. The average Bonchev–Trinajstić information content (AvgIpc) is 2.89. The molecular weight excluding hydrogens is 490 g/mol. The first-order valence-electron chi connectivity index (χ1n) is 12.5. The monoisotopic (exact) mass is 523 g/mol. The first-order valence-corrected chi connectivity index (χ1v) is 14.0. The number of fused-ring (bicyclic) bond motifs is 1. The van der Waals surface area contributed by atoms with Crippen LogP contribution >= 0.6 is 0 Å². The summed E-state index contributed by atoms with van der Waals surface area (Å²) in [4.78, 5) is 27.0. The molecule has 0 bridgehead atoms. The number of aryl methyl sites for hydroxylation is 1. The Morgan fingerprint density at radius 2 is 1.73 bits per heavy atom. The Labute approximate surface area is 217 Å². The summed E-state index contributed by atoms with van der Waals surface area (Å²) in [5.74, 6) is -0.646. The van der Waals surface area contributed by atoms with Crippen LogP contribution in [0.3, 0.4) is 0 Å². The number of rotatable bonds is 8. The summed E-state index contributed by atoms with van der Waals surface area (Å²) in [5.41, 5.74) is 1.90. The minimum atomic E-state index is -3.96. The van der Waals surface area contributed by atoms with E-state index in [1.165, 1.54) is 6.07 Å². The summed E-state index contributed by atoms with van der Waals surface area (Å²) in [6, 6.07) is 16.9. The minimum absolute atomic E-state index is 0.0246. The summed E-state index contributed by atoms with van der Waals surface area (Å²) >= 11 is 0. The number of benzene rings is 3. The molecule has 1 heterocycles. The maximum absolute atomic E-state index is 13.5. The Hall–Kier alpha value is -3.27. The van der Waals surface area contributed by atoms with Crippen LogP contribution in [-0.2, 0) is 14.8 Å². The van der Waals surface area contributed by atoms with Crippen LogP contribution in [-0.4, -0.2) is 56.0 Å². The van der Waals surface area contributed by atoms with Gasteiger partial charge in [0.05, 0.1) is 4.90 Å². The summed E-state index contributed by atoms with van der Waals surface area (Å²) in [6.07, 6.45) is 1.60. The zero-order valence-corrected chi connectivity index (χ0v) is 21.9. The lowest BCUT2D eigenvalue weighted by atomic mass is 9.93. The predicted octanol–water partition coefficient (Wildman–Crippen LogP) is 3.69. The highest BCUT2D eigenvalue weighted by Crippen LogP contribution is 2.31. The highest BCUT2D eigenvalue weighted by molar-refractivity contribution is 7.89. The van der Waals surface area contributed by atoms with E-state index < -0.39 is 22.0 Å². The predicted molar refractivity (Wildman–Crippen MR) is 144 cm³/mol. The zero-order valence-electron chi connectivity index (χ0n) is 21.1. The number of aliphatic hydroxyl groups is 1. The number of carbonyl (C=O) groups excluding carboxylic acids is 2. The van der Waals surface area contributed by atoms with Crippen LogP contribution in [0.5, 0.6) is 0 Å². The Morgan fingerprint density at radius 1 is 1.03 bits per heavy atom. The molecule has 1 aliphatic rings. The van der Waals surface area contributed by atoms with Gasteiger partial charge >= 0.3 is 0 Å². The van der Waals surface area contributed by atoms with Crippen LogP contribution in [0.2, 0.25) is 0 Å². The lowest BCUT2D eigenvalue weighted by molar-refractivity contribution is -0.133. The quantitative estimate of drug-likeness (QED) is 0.417. The van der Waals surface area contributed by atoms with Crippen LogP contribution in [0.4, 0.5) is 5.69 Å². The Balaban J connectivity index is 1.59. The van der Waals surface area contributed by atoms with Gasteiger partial charge in [0.15, 0.2) is 0 Å².